The van der Waals surface area contributed by atoms with Crippen LogP contribution in [-0.4, -0.2) is 29.1 Å². The highest BCUT2D eigenvalue weighted by atomic mass is 19.1. The fourth-order valence-corrected chi connectivity index (χ4v) is 2.71. The number of aliphatic imine (C=N–C) groups is 1. The summed E-state index contributed by atoms with van der Waals surface area (Å²) in [6.45, 7) is 7.64. The predicted octanol–water partition coefficient (Wildman–Crippen LogP) is 3.42. The number of nitrogens with one attached hydrogen (secondary N) is 2. The monoisotopic (exact) mass is 345 g/mol. The first-order valence-corrected chi connectivity index (χ1v) is 8.82. The number of hydrogen-bond donors (Lipinski definition) is 2. The Balaban J connectivity index is 1.96. The molecule has 0 spiro atoms. The van der Waals surface area contributed by atoms with Gasteiger partial charge in [0.2, 0.25) is 0 Å². The zero-order valence-electron chi connectivity index (χ0n) is 15.5. The zero-order chi connectivity index (χ0) is 18.2. The largest absolute Gasteiger partial charge is 0.356 e. The van der Waals surface area contributed by atoms with Crippen molar-refractivity contribution in [3.63, 3.8) is 0 Å². The molecule has 0 saturated heterocycles. The van der Waals surface area contributed by atoms with E-state index in [1.165, 1.54) is 0 Å². The molecule has 0 aliphatic heterocycles. The fourth-order valence-electron chi connectivity index (χ4n) is 2.71. The molecule has 0 saturated carbocycles. The van der Waals surface area contributed by atoms with Gasteiger partial charge in [0.25, 0.3) is 0 Å². The van der Waals surface area contributed by atoms with Gasteiger partial charge in [0.15, 0.2) is 5.96 Å². The van der Waals surface area contributed by atoms with Crippen LogP contribution in [0.1, 0.15) is 38.1 Å². The number of benzene rings is 1. The van der Waals surface area contributed by atoms with Gasteiger partial charge < -0.3 is 15.2 Å². The number of guanidine groups is 1. The molecule has 5 nitrogen and oxygen atoms in total. The van der Waals surface area contributed by atoms with Gasteiger partial charge in [-0.2, -0.15) is 0 Å². The van der Waals surface area contributed by atoms with Gasteiger partial charge in [-0.15, -0.1) is 0 Å². The van der Waals surface area contributed by atoms with E-state index in [1.54, 1.807) is 36.1 Å². The van der Waals surface area contributed by atoms with E-state index in [4.69, 9.17) is 0 Å². The first-order valence-electron chi connectivity index (χ1n) is 8.82. The molecular formula is C19H28FN5. The maximum atomic E-state index is 14.4. The van der Waals surface area contributed by atoms with Crippen LogP contribution >= 0.6 is 0 Å². The maximum Gasteiger partial charge on any atom is 0.191 e. The molecule has 0 unspecified atom stereocenters. The molecule has 0 atom stereocenters. The molecule has 1 aromatic carbocycles. The van der Waals surface area contributed by atoms with E-state index in [-0.39, 0.29) is 5.82 Å². The number of aryl methyl sites for hydroxylation is 1. The van der Waals surface area contributed by atoms with Crippen molar-refractivity contribution in [2.45, 2.75) is 40.2 Å². The van der Waals surface area contributed by atoms with Crippen LogP contribution in [0.4, 0.5) is 4.39 Å². The molecule has 1 aromatic heterocycles. The second-order valence-electron chi connectivity index (χ2n) is 6.12. The van der Waals surface area contributed by atoms with E-state index in [0.717, 1.165) is 36.7 Å². The van der Waals surface area contributed by atoms with Crippen molar-refractivity contribution >= 4 is 5.96 Å². The summed E-state index contributed by atoms with van der Waals surface area (Å²) in [7, 11) is 1.74. The molecule has 0 radical (unpaired) electrons. The summed E-state index contributed by atoms with van der Waals surface area (Å²) in [5.41, 5.74) is 1.37. The van der Waals surface area contributed by atoms with Crippen LogP contribution < -0.4 is 10.6 Å². The van der Waals surface area contributed by atoms with Crippen LogP contribution in [0.5, 0.6) is 0 Å². The van der Waals surface area contributed by atoms with Gasteiger partial charge in [0.05, 0.1) is 5.69 Å². The molecule has 136 valence electrons. The molecule has 0 aliphatic carbocycles. The highest BCUT2D eigenvalue weighted by Crippen LogP contribution is 2.16. The fraction of sp³-hybridized carbons (Fsp3) is 0.474. The third-order valence-electron chi connectivity index (χ3n) is 4.49. The number of nitrogens with zero attached hydrogens (tertiary/aromatic N) is 3. The van der Waals surface area contributed by atoms with Crippen LogP contribution in [0.15, 0.2) is 35.6 Å². The van der Waals surface area contributed by atoms with Gasteiger partial charge in [0, 0.05) is 32.5 Å². The Morgan fingerprint density at radius 1 is 1.28 bits per heavy atom. The predicted molar refractivity (Wildman–Crippen MR) is 101 cm³/mol. The Morgan fingerprint density at radius 3 is 2.60 bits per heavy atom. The minimum Gasteiger partial charge on any atom is -0.356 e. The van der Waals surface area contributed by atoms with Gasteiger partial charge in [0.1, 0.15) is 11.6 Å². The van der Waals surface area contributed by atoms with Crippen molar-refractivity contribution in [2.75, 3.05) is 13.6 Å². The Bertz CT molecular complexity index is 704. The highest BCUT2D eigenvalue weighted by molar-refractivity contribution is 5.79. The third-order valence-corrected chi connectivity index (χ3v) is 4.49. The lowest BCUT2D eigenvalue weighted by Gasteiger charge is -2.17. The second kappa shape index (κ2) is 9.20. The van der Waals surface area contributed by atoms with Gasteiger partial charge >= 0.3 is 0 Å². The van der Waals surface area contributed by atoms with E-state index in [9.17, 15) is 4.39 Å². The summed E-state index contributed by atoms with van der Waals surface area (Å²) in [5.74, 6) is 1.87. The SMILES string of the molecule is CCC(CC)CNC(=NC)NCc1ccc(-n2ccnc2C)c(F)c1. The first-order chi connectivity index (χ1) is 12.1. The molecule has 2 rings (SSSR count). The number of rotatable bonds is 7. The van der Waals surface area contributed by atoms with Gasteiger partial charge in [-0.05, 0) is 30.5 Å². The Kier molecular flexibility index (Phi) is 6.98. The van der Waals surface area contributed by atoms with E-state index >= 15 is 0 Å². The van der Waals surface area contributed by atoms with Crippen LogP contribution in [0.2, 0.25) is 0 Å². The average Bonchev–Trinajstić information content (AvgIpc) is 3.04. The summed E-state index contributed by atoms with van der Waals surface area (Å²) in [6.07, 6.45) is 5.71. The highest BCUT2D eigenvalue weighted by Gasteiger charge is 2.09. The van der Waals surface area contributed by atoms with Crippen molar-refractivity contribution < 1.29 is 4.39 Å². The lowest BCUT2D eigenvalue weighted by molar-refractivity contribution is 0.481. The number of halogens is 1. The summed E-state index contributed by atoms with van der Waals surface area (Å²) < 4.78 is 16.2. The summed E-state index contributed by atoms with van der Waals surface area (Å²) in [4.78, 5) is 8.36. The van der Waals surface area contributed by atoms with Crippen LogP contribution in [0.3, 0.4) is 0 Å². The number of imidazole rings is 1. The van der Waals surface area contributed by atoms with Crippen LogP contribution in [0.25, 0.3) is 5.69 Å². The summed E-state index contributed by atoms with van der Waals surface area (Å²) in [5, 5.41) is 6.57. The molecule has 2 aromatic rings. The van der Waals surface area contributed by atoms with E-state index in [0.29, 0.717) is 18.2 Å². The molecule has 0 amide bonds. The van der Waals surface area contributed by atoms with Gasteiger partial charge in [-0.1, -0.05) is 32.8 Å². The van der Waals surface area contributed by atoms with Gasteiger partial charge in [-0.3, -0.25) is 4.99 Å². The molecular weight excluding hydrogens is 317 g/mol. The average molecular weight is 345 g/mol. The quantitative estimate of drug-likeness (QED) is 0.597. The molecule has 25 heavy (non-hydrogen) atoms. The Hall–Kier alpha value is -2.37. The van der Waals surface area contributed by atoms with Crippen molar-refractivity contribution in [1.82, 2.24) is 20.2 Å². The topological polar surface area (TPSA) is 54.2 Å². The van der Waals surface area contributed by atoms with E-state index in [2.05, 4.69) is 34.5 Å². The van der Waals surface area contributed by atoms with E-state index < -0.39 is 0 Å². The molecule has 6 heteroatoms. The zero-order valence-corrected chi connectivity index (χ0v) is 15.5. The Labute approximate surface area is 149 Å². The maximum absolute atomic E-state index is 14.4. The first kappa shape index (κ1) is 19.0. The molecule has 0 bridgehead atoms. The number of hydrogen-bond acceptors (Lipinski definition) is 2. The molecule has 1 heterocycles. The molecule has 2 N–H and O–H groups in total. The van der Waals surface area contributed by atoms with E-state index in [1.807, 2.05) is 13.0 Å². The molecule has 0 aliphatic rings. The van der Waals surface area contributed by atoms with Crippen molar-refractivity contribution in [2.24, 2.45) is 10.9 Å². The van der Waals surface area contributed by atoms with Gasteiger partial charge in [-0.25, -0.2) is 9.37 Å². The van der Waals surface area contributed by atoms with Crippen molar-refractivity contribution in [3.8, 4) is 5.69 Å². The van der Waals surface area contributed by atoms with Crippen molar-refractivity contribution in [3.05, 3.63) is 47.8 Å². The summed E-state index contributed by atoms with van der Waals surface area (Å²) in [6, 6.07) is 5.25. The standard InChI is InChI=1S/C19H28FN5/c1-5-15(6-2)12-23-19(21-4)24-13-16-7-8-18(17(20)11-16)25-10-9-22-14(25)3/h7-11,15H,5-6,12-13H2,1-4H3,(H2,21,23,24). The van der Waals surface area contributed by atoms with Crippen molar-refractivity contribution in [1.29, 1.82) is 0 Å². The normalized spacial score (nSPS) is 11.8. The Morgan fingerprint density at radius 2 is 2.04 bits per heavy atom. The lowest BCUT2D eigenvalue weighted by atomic mass is 10.0. The lowest BCUT2D eigenvalue weighted by Crippen LogP contribution is -2.39. The van der Waals surface area contributed by atoms with Crippen LogP contribution in [0, 0.1) is 18.7 Å². The third kappa shape index (κ3) is 5.05. The van der Waals surface area contributed by atoms with Crippen LogP contribution in [-0.2, 0) is 6.54 Å². The minimum atomic E-state index is -0.264. The minimum absolute atomic E-state index is 0.264. The smallest absolute Gasteiger partial charge is 0.191 e. The number of aromatic nitrogens is 2. The molecule has 0 fully saturated rings. The second-order valence-corrected chi connectivity index (χ2v) is 6.12. The summed E-state index contributed by atoms with van der Waals surface area (Å²) >= 11 is 0.